The molecule has 0 fully saturated rings. The maximum Gasteiger partial charge on any atom is 0.126 e. The number of hydrogen-bond donors (Lipinski definition) is 1. The molecule has 18 heavy (non-hydrogen) atoms. The zero-order valence-electron chi connectivity index (χ0n) is 12.8. The van der Waals surface area contributed by atoms with Gasteiger partial charge in [0.2, 0.25) is 0 Å². The van der Waals surface area contributed by atoms with E-state index < -0.39 is 0 Å². The summed E-state index contributed by atoms with van der Waals surface area (Å²) in [5.41, 5.74) is 4.00. The summed E-state index contributed by atoms with van der Waals surface area (Å²) in [4.78, 5) is 0. The summed E-state index contributed by atoms with van der Waals surface area (Å²) in [5, 5.41) is 3.24. The molecule has 1 aromatic carbocycles. The predicted octanol–water partition coefficient (Wildman–Crippen LogP) is 3.62. The number of ether oxygens (including phenoxy) is 1. The zero-order valence-corrected chi connectivity index (χ0v) is 12.8. The maximum atomic E-state index is 5.70. The van der Waals surface area contributed by atoms with Crippen molar-refractivity contribution in [1.29, 1.82) is 0 Å². The van der Waals surface area contributed by atoms with E-state index in [0.717, 1.165) is 12.3 Å². The van der Waals surface area contributed by atoms with Crippen molar-refractivity contribution in [3.63, 3.8) is 0 Å². The van der Waals surface area contributed by atoms with Gasteiger partial charge in [0, 0.05) is 12.1 Å². The van der Waals surface area contributed by atoms with Crippen LogP contribution in [0.1, 0.15) is 50.3 Å². The Hall–Kier alpha value is -1.02. The number of methoxy groups -OCH3 is 1. The fraction of sp³-hybridized carbons (Fsp3) is 0.625. The molecule has 0 aliphatic carbocycles. The summed E-state index contributed by atoms with van der Waals surface area (Å²) < 4.78 is 5.70. The van der Waals surface area contributed by atoms with E-state index in [1.165, 1.54) is 16.7 Å². The van der Waals surface area contributed by atoms with Crippen molar-refractivity contribution in [2.24, 2.45) is 0 Å². The van der Waals surface area contributed by atoms with E-state index in [9.17, 15) is 0 Å². The van der Waals surface area contributed by atoms with Crippen molar-refractivity contribution < 1.29 is 4.74 Å². The van der Waals surface area contributed by atoms with Gasteiger partial charge in [0.1, 0.15) is 5.75 Å². The van der Waals surface area contributed by atoms with Crippen molar-refractivity contribution in [2.75, 3.05) is 20.7 Å². The third kappa shape index (κ3) is 3.26. The molecule has 0 aromatic heterocycles. The fourth-order valence-electron chi connectivity index (χ4n) is 2.37. The maximum absolute atomic E-state index is 5.70. The van der Waals surface area contributed by atoms with Crippen LogP contribution in [-0.2, 0) is 5.41 Å². The summed E-state index contributed by atoms with van der Waals surface area (Å²) in [6.07, 6.45) is 0. The molecule has 0 spiro atoms. The minimum absolute atomic E-state index is 0.103. The topological polar surface area (TPSA) is 21.3 Å². The molecule has 0 aliphatic rings. The molecule has 1 unspecified atom stereocenters. The average Bonchev–Trinajstić information content (AvgIpc) is 2.27. The zero-order chi connectivity index (χ0) is 13.9. The minimum Gasteiger partial charge on any atom is -0.496 e. The lowest BCUT2D eigenvalue weighted by atomic mass is 9.82. The van der Waals surface area contributed by atoms with Crippen LogP contribution in [0.2, 0.25) is 0 Å². The predicted molar refractivity (Wildman–Crippen MR) is 78.8 cm³/mol. The SMILES string of the molecule is CNCC(C)c1cc(C)cc(C(C)(C)C)c1OC. The molecule has 1 atom stereocenters. The quantitative estimate of drug-likeness (QED) is 0.880. The van der Waals surface area contributed by atoms with Gasteiger partial charge < -0.3 is 10.1 Å². The van der Waals surface area contributed by atoms with Gasteiger partial charge >= 0.3 is 0 Å². The summed E-state index contributed by atoms with van der Waals surface area (Å²) in [6, 6.07) is 4.49. The lowest BCUT2D eigenvalue weighted by Crippen LogP contribution is -2.19. The highest BCUT2D eigenvalue weighted by Gasteiger charge is 2.23. The van der Waals surface area contributed by atoms with Gasteiger partial charge in [0.15, 0.2) is 0 Å². The van der Waals surface area contributed by atoms with E-state index in [1.807, 2.05) is 7.05 Å². The highest BCUT2D eigenvalue weighted by atomic mass is 16.5. The van der Waals surface area contributed by atoms with Crippen molar-refractivity contribution >= 4 is 0 Å². The largest absolute Gasteiger partial charge is 0.496 e. The molecule has 1 rings (SSSR count). The molecule has 0 bridgehead atoms. The van der Waals surface area contributed by atoms with Gasteiger partial charge in [0.05, 0.1) is 7.11 Å². The van der Waals surface area contributed by atoms with Crippen LogP contribution in [0.25, 0.3) is 0 Å². The van der Waals surface area contributed by atoms with E-state index in [2.05, 4.69) is 52.1 Å². The summed E-state index contributed by atoms with van der Waals surface area (Å²) in [7, 11) is 3.76. The molecule has 1 N–H and O–H groups in total. The standard InChI is InChI=1S/C16H27NO/c1-11-8-13(12(2)10-17-6)15(18-7)14(9-11)16(3,4)5/h8-9,12,17H,10H2,1-7H3. The number of benzene rings is 1. The molecule has 2 nitrogen and oxygen atoms in total. The molecule has 0 radical (unpaired) electrons. The van der Waals surface area contributed by atoms with Crippen LogP contribution in [0.3, 0.4) is 0 Å². The van der Waals surface area contributed by atoms with Gasteiger partial charge in [-0.25, -0.2) is 0 Å². The van der Waals surface area contributed by atoms with Crippen LogP contribution >= 0.6 is 0 Å². The molecule has 0 aliphatic heterocycles. The van der Waals surface area contributed by atoms with Crippen LogP contribution in [0.4, 0.5) is 0 Å². The van der Waals surface area contributed by atoms with Crippen molar-refractivity contribution in [2.45, 2.75) is 46.0 Å². The van der Waals surface area contributed by atoms with Gasteiger partial charge in [-0.05, 0) is 30.9 Å². The molecular weight excluding hydrogens is 222 g/mol. The van der Waals surface area contributed by atoms with Crippen LogP contribution in [0.5, 0.6) is 5.75 Å². The highest BCUT2D eigenvalue weighted by molar-refractivity contribution is 5.49. The Morgan fingerprint density at radius 3 is 2.33 bits per heavy atom. The molecule has 0 saturated carbocycles. The first-order chi connectivity index (χ1) is 8.31. The second kappa shape index (κ2) is 5.75. The lowest BCUT2D eigenvalue weighted by molar-refractivity contribution is 0.389. The third-order valence-electron chi connectivity index (χ3n) is 3.32. The second-order valence-corrected chi connectivity index (χ2v) is 6.14. The van der Waals surface area contributed by atoms with Crippen LogP contribution in [0, 0.1) is 6.92 Å². The van der Waals surface area contributed by atoms with Gasteiger partial charge in [-0.15, -0.1) is 0 Å². The molecule has 0 saturated heterocycles. The van der Waals surface area contributed by atoms with Crippen LogP contribution in [-0.4, -0.2) is 20.7 Å². The van der Waals surface area contributed by atoms with E-state index in [-0.39, 0.29) is 5.41 Å². The van der Waals surface area contributed by atoms with Gasteiger partial charge in [-0.2, -0.15) is 0 Å². The van der Waals surface area contributed by atoms with E-state index in [0.29, 0.717) is 5.92 Å². The number of rotatable bonds is 4. The van der Waals surface area contributed by atoms with E-state index in [4.69, 9.17) is 4.74 Å². The second-order valence-electron chi connectivity index (χ2n) is 6.14. The van der Waals surface area contributed by atoms with E-state index >= 15 is 0 Å². The summed E-state index contributed by atoms with van der Waals surface area (Å²) >= 11 is 0. The first-order valence-corrected chi connectivity index (χ1v) is 6.64. The molecule has 0 heterocycles. The average molecular weight is 249 g/mol. The number of nitrogens with one attached hydrogen (secondary N) is 1. The normalized spacial score (nSPS) is 13.5. The Morgan fingerprint density at radius 1 is 1.28 bits per heavy atom. The van der Waals surface area contributed by atoms with Crippen molar-refractivity contribution in [3.8, 4) is 5.75 Å². The number of hydrogen-bond acceptors (Lipinski definition) is 2. The monoisotopic (exact) mass is 249 g/mol. The van der Waals surface area contributed by atoms with Crippen molar-refractivity contribution in [3.05, 3.63) is 28.8 Å². The Morgan fingerprint density at radius 2 is 1.89 bits per heavy atom. The van der Waals surface area contributed by atoms with Gasteiger partial charge in [-0.3, -0.25) is 0 Å². The Bertz CT molecular complexity index is 404. The smallest absolute Gasteiger partial charge is 0.126 e. The van der Waals surface area contributed by atoms with Crippen LogP contribution < -0.4 is 10.1 Å². The van der Waals surface area contributed by atoms with Gasteiger partial charge in [0.25, 0.3) is 0 Å². The Balaban J connectivity index is 3.38. The Kier molecular flexibility index (Phi) is 4.80. The number of aryl methyl sites for hydroxylation is 1. The molecular formula is C16H27NO. The van der Waals surface area contributed by atoms with Crippen LogP contribution in [0.15, 0.2) is 12.1 Å². The first kappa shape index (κ1) is 15.0. The minimum atomic E-state index is 0.103. The fourth-order valence-corrected chi connectivity index (χ4v) is 2.37. The molecule has 2 heteroatoms. The summed E-state index contributed by atoms with van der Waals surface area (Å²) in [5.74, 6) is 1.50. The van der Waals surface area contributed by atoms with E-state index in [1.54, 1.807) is 7.11 Å². The molecule has 1 aromatic rings. The Labute approximate surface area is 112 Å². The van der Waals surface area contributed by atoms with Crippen molar-refractivity contribution in [1.82, 2.24) is 5.32 Å². The molecule has 0 amide bonds. The number of likely N-dealkylation sites (N-methyl/N-ethyl adjacent to an activating group) is 1. The highest BCUT2D eigenvalue weighted by Crippen LogP contribution is 2.38. The first-order valence-electron chi connectivity index (χ1n) is 6.64. The molecule has 102 valence electrons. The third-order valence-corrected chi connectivity index (χ3v) is 3.32. The summed E-state index contributed by atoms with van der Waals surface area (Å²) in [6.45, 7) is 12.1. The lowest BCUT2D eigenvalue weighted by Gasteiger charge is -2.26. The van der Waals surface area contributed by atoms with Gasteiger partial charge in [-0.1, -0.05) is 45.4 Å².